The Morgan fingerprint density at radius 2 is 2.11 bits per heavy atom. The smallest absolute Gasteiger partial charge is 0.0595 e. The first kappa shape index (κ1) is 14.1. The number of piperidine rings is 1. The SMILES string of the molecule is CC1CC(O)CCN1CCc1ccc(Cl)c(Cl)c1. The molecule has 1 N–H and O–H groups in total. The number of benzene rings is 1. The van der Waals surface area contributed by atoms with Crippen molar-refractivity contribution in [2.24, 2.45) is 0 Å². The Morgan fingerprint density at radius 1 is 1.33 bits per heavy atom. The van der Waals surface area contributed by atoms with Crippen LogP contribution < -0.4 is 0 Å². The van der Waals surface area contributed by atoms with E-state index in [0.717, 1.165) is 32.4 Å². The number of halogens is 2. The van der Waals surface area contributed by atoms with Gasteiger partial charge in [0.2, 0.25) is 0 Å². The minimum Gasteiger partial charge on any atom is -0.393 e. The number of aliphatic hydroxyl groups is 1. The molecule has 0 saturated carbocycles. The maximum Gasteiger partial charge on any atom is 0.0595 e. The van der Waals surface area contributed by atoms with Gasteiger partial charge < -0.3 is 10.0 Å². The first-order chi connectivity index (χ1) is 8.56. The minimum absolute atomic E-state index is 0.124. The zero-order valence-electron chi connectivity index (χ0n) is 10.6. The molecular weight excluding hydrogens is 269 g/mol. The summed E-state index contributed by atoms with van der Waals surface area (Å²) in [5.74, 6) is 0. The van der Waals surface area contributed by atoms with Crippen molar-refractivity contribution >= 4 is 23.2 Å². The molecule has 0 aromatic heterocycles. The van der Waals surface area contributed by atoms with E-state index >= 15 is 0 Å². The van der Waals surface area contributed by atoms with Gasteiger partial charge in [-0.2, -0.15) is 0 Å². The number of rotatable bonds is 3. The quantitative estimate of drug-likeness (QED) is 0.921. The standard InChI is InChI=1S/C14H19Cl2NO/c1-10-8-12(18)5-7-17(10)6-4-11-2-3-13(15)14(16)9-11/h2-3,9-10,12,18H,4-8H2,1H3. The largest absolute Gasteiger partial charge is 0.393 e. The molecule has 0 aliphatic carbocycles. The average molecular weight is 288 g/mol. The summed E-state index contributed by atoms with van der Waals surface area (Å²) < 4.78 is 0. The lowest BCUT2D eigenvalue weighted by atomic mass is 10.00. The van der Waals surface area contributed by atoms with E-state index in [-0.39, 0.29) is 6.10 Å². The van der Waals surface area contributed by atoms with Gasteiger partial charge >= 0.3 is 0 Å². The van der Waals surface area contributed by atoms with Crippen molar-refractivity contribution in [3.8, 4) is 0 Å². The number of hydrogen-bond acceptors (Lipinski definition) is 2. The molecule has 1 saturated heterocycles. The lowest BCUT2D eigenvalue weighted by molar-refractivity contribution is 0.0490. The summed E-state index contributed by atoms with van der Waals surface area (Å²) in [6.07, 6.45) is 2.60. The van der Waals surface area contributed by atoms with E-state index in [2.05, 4.69) is 11.8 Å². The molecule has 2 unspecified atom stereocenters. The van der Waals surface area contributed by atoms with Gasteiger partial charge in [0.05, 0.1) is 16.1 Å². The first-order valence-corrected chi connectivity index (χ1v) is 7.18. The van der Waals surface area contributed by atoms with Crippen LogP contribution in [0.25, 0.3) is 0 Å². The van der Waals surface area contributed by atoms with E-state index in [4.69, 9.17) is 23.2 Å². The minimum atomic E-state index is -0.124. The second kappa shape index (κ2) is 6.25. The zero-order chi connectivity index (χ0) is 13.1. The number of hydrogen-bond donors (Lipinski definition) is 1. The van der Waals surface area contributed by atoms with E-state index in [1.54, 1.807) is 0 Å². The Labute approximate surface area is 119 Å². The third kappa shape index (κ3) is 3.61. The van der Waals surface area contributed by atoms with E-state index in [1.807, 2.05) is 18.2 Å². The summed E-state index contributed by atoms with van der Waals surface area (Å²) in [5.41, 5.74) is 1.21. The number of aliphatic hydroxyl groups excluding tert-OH is 1. The van der Waals surface area contributed by atoms with Gasteiger partial charge in [0.15, 0.2) is 0 Å². The summed E-state index contributed by atoms with van der Waals surface area (Å²) in [4.78, 5) is 2.43. The average Bonchev–Trinajstić information content (AvgIpc) is 2.32. The van der Waals surface area contributed by atoms with Crippen LogP contribution in [0.2, 0.25) is 10.0 Å². The molecule has 2 nitrogen and oxygen atoms in total. The molecule has 0 radical (unpaired) electrons. The predicted octanol–water partition coefficient (Wildman–Crippen LogP) is 3.38. The predicted molar refractivity (Wildman–Crippen MR) is 76.4 cm³/mol. The lowest BCUT2D eigenvalue weighted by Crippen LogP contribution is -2.43. The summed E-state index contributed by atoms with van der Waals surface area (Å²) in [6, 6.07) is 6.27. The molecule has 18 heavy (non-hydrogen) atoms. The topological polar surface area (TPSA) is 23.5 Å². The van der Waals surface area contributed by atoms with E-state index in [1.165, 1.54) is 5.56 Å². The van der Waals surface area contributed by atoms with Gasteiger partial charge in [-0.15, -0.1) is 0 Å². The highest BCUT2D eigenvalue weighted by atomic mass is 35.5. The zero-order valence-corrected chi connectivity index (χ0v) is 12.1. The van der Waals surface area contributed by atoms with Crippen LogP contribution >= 0.6 is 23.2 Å². The number of likely N-dealkylation sites (tertiary alicyclic amines) is 1. The van der Waals surface area contributed by atoms with E-state index in [9.17, 15) is 5.11 Å². The van der Waals surface area contributed by atoms with Crippen molar-refractivity contribution in [3.63, 3.8) is 0 Å². The molecule has 0 amide bonds. The molecule has 4 heteroatoms. The van der Waals surface area contributed by atoms with Gasteiger partial charge in [-0.3, -0.25) is 0 Å². The van der Waals surface area contributed by atoms with Gasteiger partial charge in [0.1, 0.15) is 0 Å². The molecule has 1 aliphatic rings. The number of nitrogens with zero attached hydrogens (tertiary/aromatic N) is 1. The first-order valence-electron chi connectivity index (χ1n) is 6.42. The van der Waals surface area contributed by atoms with Gasteiger partial charge in [0.25, 0.3) is 0 Å². The lowest BCUT2D eigenvalue weighted by Gasteiger charge is -2.35. The second-order valence-electron chi connectivity index (χ2n) is 5.06. The maximum atomic E-state index is 9.59. The summed E-state index contributed by atoms with van der Waals surface area (Å²) in [6.45, 7) is 4.16. The molecule has 0 bridgehead atoms. The molecular formula is C14H19Cl2NO. The summed E-state index contributed by atoms with van der Waals surface area (Å²) in [5, 5.41) is 10.8. The monoisotopic (exact) mass is 287 g/mol. The van der Waals surface area contributed by atoms with Gasteiger partial charge in [-0.05, 0) is 43.9 Å². The maximum absolute atomic E-state index is 9.59. The van der Waals surface area contributed by atoms with Gasteiger partial charge in [-0.1, -0.05) is 29.3 Å². The molecule has 0 spiro atoms. The summed E-state index contributed by atoms with van der Waals surface area (Å²) in [7, 11) is 0. The van der Waals surface area contributed by atoms with E-state index in [0.29, 0.717) is 16.1 Å². The van der Waals surface area contributed by atoms with Crippen LogP contribution in [0, 0.1) is 0 Å². The van der Waals surface area contributed by atoms with Crippen LogP contribution in [0.15, 0.2) is 18.2 Å². The molecule has 1 aromatic rings. The van der Waals surface area contributed by atoms with Crippen LogP contribution in [-0.4, -0.2) is 35.2 Å². The van der Waals surface area contributed by atoms with Crippen molar-refractivity contribution in [2.45, 2.75) is 38.3 Å². The molecule has 2 rings (SSSR count). The van der Waals surface area contributed by atoms with Crippen LogP contribution in [0.3, 0.4) is 0 Å². The molecule has 2 atom stereocenters. The summed E-state index contributed by atoms with van der Waals surface area (Å²) >= 11 is 11.9. The molecule has 1 aliphatic heterocycles. The third-order valence-corrected chi connectivity index (χ3v) is 4.40. The van der Waals surface area contributed by atoms with Crippen LogP contribution in [0.5, 0.6) is 0 Å². The Hall–Kier alpha value is -0.280. The van der Waals surface area contributed by atoms with E-state index < -0.39 is 0 Å². The fraction of sp³-hybridized carbons (Fsp3) is 0.571. The van der Waals surface area contributed by atoms with Gasteiger partial charge in [0, 0.05) is 19.1 Å². The Bertz CT molecular complexity index is 411. The van der Waals surface area contributed by atoms with Crippen LogP contribution in [-0.2, 0) is 6.42 Å². The highest BCUT2D eigenvalue weighted by molar-refractivity contribution is 6.42. The third-order valence-electron chi connectivity index (χ3n) is 3.66. The van der Waals surface area contributed by atoms with Crippen molar-refractivity contribution < 1.29 is 5.11 Å². The fourth-order valence-electron chi connectivity index (χ4n) is 2.50. The fourth-order valence-corrected chi connectivity index (χ4v) is 2.82. The van der Waals surface area contributed by atoms with Crippen LogP contribution in [0.4, 0.5) is 0 Å². The second-order valence-corrected chi connectivity index (χ2v) is 5.88. The molecule has 1 heterocycles. The van der Waals surface area contributed by atoms with Crippen molar-refractivity contribution in [3.05, 3.63) is 33.8 Å². The molecule has 1 aromatic carbocycles. The van der Waals surface area contributed by atoms with Crippen molar-refractivity contribution in [1.82, 2.24) is 4.90 Å². The highest BCUT2D eigenvalue weighted by Crippen LogP contribution is 2.23. The Balaban J connectivity index is 1.89. The normalized spacial score (nSPS) is 25.3. The Morgan fingerprint density at radius 3 is 2.78 bits per heavy atom. The molecule has 1 fully saturated rings. The van der Waals surface area contributed by atoms with Crippen molar-refractivity contribution in [2.75, 3.05) is 13.1 Å². The highest BCUT2D eigenvalue weighted by Gasteiger charge is 2.23. The van der Waals surface area contributed by atoms with Crippen molar-refractivity contribution in [1.29, 1.82) is 0 Å². The Kier molecular flexibility index (Phi) is 4.91. The van der Waals surface area contributed by atoms with Gasteiger partial charge in [-0.25, -0.2) is 0 Å². The van der Waals surface area contributed by atoms with Crippen LogP contribution in [0.1, 0.15) is 25.3 Å². The molecule has 100 valence electrons.